The van der Waals surface area contributed by atoms with Crippen molar-refractivity contribution in [1.29, 1.82) is 0 Å². The summed E-state index contributed by atoms with van der Waals surface area (Å²) in [6, 6.07) is 5.57. The van der Waals surface area contributed by atoms with Gasteiger partial charge in [-0.15, -0.1) is 0 Å². The largest absolute Gasteiger partial charge is 0.437 e. The average molecular weight is 261 g/mol. The minimum absolute atomic E-state index is 0.430. The van der Waals surface area contributed by atoms with E-state index in [0.29, 0.717) is 27.7 Å². The van der Waals surface area contributed by atoms with Crippen LogP contribution in [0.25, 0.3) is 11.0 Å². The quantitative estimate of drug-likeness (QED) is 0.769. The molecule has 18 heavy (non-hydrogen) atoms. The first-order valence-corrected chi connectivity index (χ1v) is 5.70. The number of nitrogens with one attached hydrogen (secondary N) is 1. The molecule has 0 saturated heterocycles. The van der Waals surface area contributed by atoms with Gasteiger partial charge in [0, 0.05) is 0 Å². The van der Waals surface area contributed by atoms with E-state index in [1.54, 1.807) is 6.20 Å². The first-order chi connectivity index (χ1) is 8.74. The van der Waals surface area contributed by atoms with Crippen LogP contribution in [0.15, 0.2) is 30.7 Å². The van der Waals surface area contributed by atoms with Gasteiger partial charge in [0.2, 0.25) is 5.88 Å². The molecule has 2 heterocycles. The molecular formula is C12H9ClN4O. The lowest BCUT2D eigenvalue weighted by molar-refractivity contribution is 0.468. The van der Waals surface area contributed by atoms with Crippen LogP contribution in [0, 0.1) is 6.92 Å². The molecule has 1 N–H and O–H groups in total. The molecule has 0 saturated carbocycles. The van der Waals surface area contributed by atoms with Crippen LogP contribution in [0.4, 0.5) is 0 Å². The van der Waals surface area contributed by atoms with E-state index in [-0.39, 0.29) is 0 Å². The highest BCUT2D eigenvalue weighted by Crippen LogP contribution is 2.31. The fourth-order valence-electron chi connectivity index (χ4n) is 1.62. The summed E-state index contributed by atoms with van der Waals surface area (Å²) < 4.78 is 5.69. The normalized spacial score (nSPS) is 10.8. The summed E-state index contributed by atoms with van der Waals surface area (Å²) >= 11 is 6.11. The number of ether oxygens (including phenoxy) is 1. The zero-order valence-electron chi connectivity index (χ0n) is 9.51. The molecule has 0 spiro atoms. The molecule has 0 radical (unpaired) electrons. The Labute approximate surface area is 108 Å². The van der Waals surface area contributed by atoms with Gasteiger partial charge in [-0.05, 0) is 24.6 Å². The van der Waals surface area contributed by atoms with Crippen molar-refractivity contribution in [2.24, 2.45) is 0 Å². The summed E-state index contributed by atoms with van der Waals surface area (Å²) in [6.45, 7) is 1.97. The molecule has 3 rings (SSSR count). The lowest BCUT2D eigenvalue weighted by atomic mass is 10.2. The molecule has 0 fully saturated rings. The lowest BCUT2D eigenvalue weighted by Crippen LogP contribution is -1.91. The number of hydrogen-bond acceptors (Lipinski definition) is 4. The van der Waals surface area contributed by atoms with Crippen molar-refractivity contribution in [3.8, 4) is 11.6 Å². The predicted molar refractivity (Wildman–Crippen MR) is 67.9 cm³/mol. The third-order valence-corrected chi connectivity index (χ3v) is 2.80. The number of nitrogens with zero attached hydrogens (tertiary/aromatic N) is 3. The van der Waals surface area contributed by atoms with E-state index < -0.39 is 0 Å². The Morgan fingerprint density at radius 3 is 3.00 bits per heavy atom. The SMILES string of the molecule is Cc1ccc(Oc2ncnc3[nH]ncc23)c(Cl)c1. The Kier molecular flexibility index (Phi) is 2.60. The van der Waals surface area contributed by atoms with E-state index >= 15 is 0 Å². The summed E-state index contributed by atoms with van der Waals surface area (Å²) in [6.07, 6.45) is 3.03. The van der Waals surface area contributed by atoms with Crippen LogP contribution in [0.5, 0.6) is 11.6 Å². The molecule has 0 unspecified atom stereocenters. The zero-order valence-corrected chi connectivity index (χ0v) is 10.3. The van der Waals surface area contributed by atoms with Gasteiger partial charge in [0.15, 0.2) is 5.65 Å². The number of fused-ring (bicyclic) bond motifs is 1. The molecule has 6 heteroatoms. The van der Waals surface area contributed by atoms with E-state index in [4.69, 9.17) is 16.3 Å². The van der Waals surface area contributed by atoms with Crippen LogP contribution in [-0.2, 0) is 0 Å². The Hall–Kier alpha value is -2.14. The lowest BCUT2D eigenvalue weighted by Gasteiger charge is -2.07. The molecule has 1 aromatic carbocycles. The molecule has 0 aliphatic rings. The Bertz CT molecular complexity index is 710. The van der Waals surface area contributed by atoms with Crippen molar-refractivity contribution >= 4 is 22.6 Å². The van der Waals surface area contributed by atoms with E-state index in [2.05, 4.69) is 20.2 Å². The van der Waals surface area contributed by atoms with Crippen LogP contribution >= 0.6 is 11.6 Å². The number of rotatable bonds is 2. The van der Waals surface area contributed by atoms with Gasteiger partial charge in [0.25, 0.3) is 0 Å². The van der Waals surface area contributed by atoms with Crippen molar-refractivity contribution in [1.82, 2.24) is 20.2 Å². The smallest absolute Gasteiger partial charge is 0.233 e. The summed E-state index contributed by atoms with van der Waals surface area (Å²) in [5.74, 6) is 0.989. The molecule has 0 bridgehead atoms. The van der Waals surface area contributed by atoms with Gasteiger partial charge in [-0.25, -0.2) is 9.97 Å². The molecule has 0 atom stereocenters. The Morgan fingerprint density at radius 1 is 1.28 bits per heavy atom. The minimum Gasteiger partial charge on any atom is -0.437 e. The molecule has 0 amide bonds. The second-order valence-corrected chi connectivity index (χ2v) is 4.25. The topological polar surface area (TPSA) is 63.7 Å². The summed E-state index contributed by atoms with van der Waals surface area (Å²) in [5.41, 5.74) is 1.70. The highest BCUT2D eigenvalue weighted by atomic mass is 35.5. The fraction of sp³-hybridized carbons (Fsp3) is 0.0833. The first kappa shape index (κ1) is 11.0. The zero-order chi connectivity index (χ0) is 12.5. The molecule has 0 aliphatic heterocycles. The predicted octanol–water partition coefficient (Wildman–Crippen LogP) is 3.11. The second-order valence-electron chi connectivity index (χ2n) is 3.85. The second kappa shape index (κ2) is 4.27. The third kappa shape index (κ3) is 1.89. The molecule has 90 valence electrons. The highest BCUT2D eigenvalue weighted by molar-refractivity contribution is 6.32. The van der Waals surface area contributed by atoms with Gasteiger partial charge < -0.3 is 4.74 Å². The van der Waals surface area contributed by atoms with E-state index in [1.807, 2.05) is 25.1 Å². The molecular weight excluding hydrogens is 252 g/mol. The Morgan fingerprint density at radius 2 is 2.17 bits per heavy atom. The molecule has 5 nitrogen and oxygen atoms in total. The number of aromatic amines is 1. The first-order valence-electron chi connectivity index (χ1n) is 5.32. The molecule has 0 aliphatic carbocycles. The van der Waals surface area contributed by atoms with Crippen molar-refractivity contribution in [2.45, 2.75) is 6.92 Å². The van der Waals surface area contributed by atoms with Crippen LogP contribution in [0.2, 0.25) is 5.02 Å². The van der Waals surface area contributed by atoms with Gasteiger partial charge in [-0.2, -0.15) is 5.10 Å². The van der Waals surface area contributed by atoms with Crippen molar-refractivity contribution in [2.75, 3.05) is 0 Å². The van der Waals surface area contributed by atoms with Gasteiger partial charge in [-0.3, -0.25) is 5.10 Å². The van der Waals surface area contributed by atoms with E-state index in [1.165, 1.54) is 6.33 Å². The van der Waals surface area contributed by atoms with E-state index in [9.17, 15) is 0 Å². The van der Waals surface area contributed by atoms with Crippen LogP contribution in [0.3, 0.4) is 0 Å². The maximum Gasteiger partial charge on any atom is 0.233 e. The number of hydrogen-bond donors (Lipinski definition) is 1. The fourth-order valence-corrected chi connectivity index (χ4v) is 1.89. The molecule has 2 aromatic heterocycles. The highest BCUT2D eigenvalue weighted by Gasteiger charge is 2.09. The maximum absolute atomic E-state index is 6.11. The minimum atomic E-state index is 0.430. The maximum atomic E-state index is 6.11. The molecule has 3 aromatic rings. The Balaban J connectivity index is 2.03. The van der Waals surface area contributed by atoms with Gasteiger partial charge in [0.05, 0.1) is 11.2 Å². The monoisotopic (exact) mass is 260 g/mol. The van der Waals surface area contributed by atoms with Gasteiger partial charge in [-0.1, -0.05) is 17.7 Å². The third-order valence-electron chi connectivity index (χ3n) is 2.51. The van der Waals surface area contributed by atoms with Gasteiger partial charge in [0.1, 0.15) is 17.5 Å². The number of H-pyrrole nitrogens is 1. The van der Waals surface area contributed by atoms with Crippen LogP contribution in [-0.4, -0.2) is 20.2 Å². The van der Waals surface area contributed by atoms with Crippen molar-refractivity contribution < 1.29 is 4.74 Å². The van der Waals surface area contributed by atoms with Crippen molar-refractivity contribution in [3.05, 3.63) is 41.3 Å². The average Bonchev–Trinajstić information content (AvgIpc) is 2.82. The standard InChI is InChI=1S/C12H9ClN4O/c1-7-2-3-10(9(13)4-7)18-12-8-5-16-17-11(8)14-6-15-12/h2-6H,1H3,(H,14,15,16,17). The van der Waals surface area contributed by atoms with Crippen LogP contribution < -0.4 is 4.74 Å². The number of halogens is 1. The summed E-state index contributed by atoms with van der Waals surface area (Å²) in [5, 5.41) is 7.92. The summed E-state index contributed by atoms with van der Waals surface area (Å²) in [7, 11) is 0. The number of aryl methyl sites for hydroxylation is 1. The van der Waals surface area contributed by atoms with Crippen LogP contribution in [0.1, 0.15) is 5.56 Å². The summed E-state index contributed by atoms with van der Waals surface area (Å²) in [4.78, 5) is 8.12. The number of benzene rings is 1. The van der Waals surface area contributed by atoms with Gasteiger partial charge >= 0.3 is 0 Å². The number of aromatic nitrogens is 4. The van der Waals surface area contributed by atoms with E-state index in [0.717, 1.165) is 5.56 Å². The van der Waals surface area contributed by atoms with Crippen molar-refractivity contribution in [3.63, 3.8) is 0 Å².